The number of carbonyl (C=O) groups excluding carboxylic acids is 2. The van der Waals surface area contributed by atoms with Crippen LogP contribution in [0, 0.1) is 5.82 Å². The van der Waals surface area contributed by atoms with Gasteiger partial charge < -0.3 is 19.4 Å². The first-order valence-corrected chi connectivity index (χ1v) is 10.2. The standard InChI is InChI=1S/C19H13B3FNO7S/c1-29-17(26)10-2-4-11(5-3-10)18(20)15(25)14(16(24)30-18)31-32(27,28)19(21,22)12-6-8-13(23)9-7-12/h2-9H,24H2,1H3/t18-/m0/s1. The maximum atomic E-state index is 13.2. The minimum absolute atomic E-state index is 0.0411. The van der Waals surface area contributed by atoms with Crippen molar-refractivity contribution in [2.75, 3.05) is 7.11 Å². The van der Waals surface area contributed by atoms with Gasteiger partial charge in [0.05, 0.1) is 32.9 Å². The molecule has 8 nitrogen and oxygen atoms in total. The summed E-state index contributed by atoms with van der Waals surface area (Å²) in [5.74, 6) is -4.09. The lowest BCUT2D eigenvalue weighted by Gasteiger charge is -2.26. The number of esters is 1. The molecule has 3 rings (SSSR count). The third kappa shape index (κ3) is 3.88. The highest BCUT2D eigenvalue weighted by Gasteiger charge is 2.50. The first-order chi connectivity index (χ1) is 14.8. The van der Waals surface area contributed by atoms with Crippen LogP contribution < -0.4 is 5.73 Å². The Morgan fingerprint density at radius 3 is 2.22 bits per heavy atom. The van der Waals surface area contributed by atoms with E-state index in [4.69, 9.17) is 38.2 Å². The van der Waals surface area contributed by atoms with Gasteiger partial charge in [-0.25, -0.2) is 9.18 Å². The van der Waals surface area contributed by atoms with Crippen molar-refractivity contribution in [1.29, 1.82) is 0 Å². The molecule has 6 radical (unpaired) electrons. The highest BCUT2D eigenvalue weighted by atomic mass is 32.2. The zero-order valence-electron chi connectivity index (χ0n) is 16.6. The second-order valence-corrected chi connectivity index (χ2v) is 8.52. The first kappa shape index (κ1) is 23.5. The molecular weight excluding hydrogens is 438 g/mol. The van der Waals surface area contributed by atoms with Gasteiger partial charge in [0, 0.05) is 0 Å². The Kier molecular flexibility index (Phi) is 5.90. The van der Waals surface area contributed by atoms with Gasteiger partial charge in [-0.1, -0.05) is 24.3 Å². The molecule has 0 aromatic heterocycles. The summed E-state index contributed by atoms with van der Waals surface area (Å²) in [6, 6.07) is 9.19. The van der Waals surface area contributed by atoms with E-state index in [0.29, 0.717) is 0 Å². The van der Waals surface area contributed by atoms with Crippen molar-refractivity contribution in [1.82, 2.24) is 0 Å². The van der Waals surface area contributed by atoms with E-state index in [1.54, 1.807) is 0 Å². The second kappa shape index (κ2) is 8.05. The summed E-state index contributed by atoms with van der Waals surface area (Å²) in [5.41, 5.74) is 3.40. The van der Waals surface area contributed by atoms with Crippen LogP contribution in [0.5, 0.6) is 0 Å². The Hall–Kier alpha value is -3.21. The van der Waals surface area contributed by atoms with Crippen molar-refractivity contribution in [2.45, 2.75) is 10.0 Å². The first-order valence-electron chi connectivity index (χ1n) is 8.82. The van der Waals surface area contributed by atoms with Crippen molar-refractivity contribution in [3.63, 3.8) is 0 Å². The third-order valence-electron chi connectivity index (χ3n) is 4.68. The summed E-state index contributed by atoms with van der Waals surface area (Å²) in [4.78, 5) is 24.5. The average molecular weight is 451 g/mol. The highest BCUT2D eigenvalue weighted by molar-refractivity contribution is 7.90. The van der Waals surface area contributed by atoms with E-state index in [-0.39, 0.29) is 16.7 Å². The van der Waals surface area contributed by atoms with Crippen LogP contribution in [0.25, 0.3) is 0 Å². The lowest BCUT2D eigenvalue weighted by molar-refractivity contribution is -0.126. The number of benzene rings is 2. The summed E-state index contributed by atoms with van der Waals surface area (Å²) in [7, 11) is 13.7. The van der Waals surface area contributed by atoms with Gasteiger partial charge in [0.15, 0.2) is 5.50 Å². The summed E-state index contributed by atoms with van der Waals surface area (Å²) in [5, 5.41) is 0. The Bertz CT molecular complexity index is 1210. The third-order valence-corrected chi connectivity index (χ3v) is 6.12. The molecule has 1 aliphatic heterocycles. The predicted octanol–water partition coefficient (Wildman–Crippen LogP) is 0.155. The molecule has 0 saturated carbocycles. The van der Waals surface area contributed by atoms with E-state index in [9.17, 15) is 22.4 Å². The lowest BCUT2D eigenvalue weighted by Crippen LogP contribution is -2.40. The second-order valence-electron chi connectivity index (χ2n) is 6.77. The number of ether oxygens (including phenoxy) is 2. The number of hydrogen-bond donors (Lipinski definition) is 1. The predicted molar refractivity (Wildman–Crippen MR) is 112 cm³/mol. The van der Waals surface area contributed by atoms with E-state index in [2.05, 4.69) is 4.74 Å². The van der Waals surface area contributed by atoms with Crippen molar-refractivity contribution >= 4 is 45.4 Å². The van der Waals surface area contributed by atoms with E-state index >= 15 is 0 Å². The molecule has 13 heteroatoms. The Morgan fingerprint density at radius 1 is 1.12 bits per heavy atom. The molecule has 0 aliphatic carbocycles. The molecule has 1 atom stereocenters. The highest BCUT2D eigenvalue weighted by Crippen LogP contribution is 2.38. The molecule has 1 heterocycles. The molecule has 0 fully saturated rings. The quantitative estimate of drug-likeness (QED) is 0.375. The number of nitrogens with two attached hydrogens (primary N) is 1. The van der Waals surface area contributed by atoms with Gasteiger partial charge in [-0.15, -0.1) is 0 Å². The number of ketones is 1. The fourth-order valence-electron chi connectivity index (χ4n) is 2.82. The van der Waals surface area contributed by atoms with Crippen LogP contribution in [-0.4, -0.2) is 50.8 Å². The van der Waals surface area contributed by atoms with Gasteiger partial charge in [-0.2, -0.15) is 8.42 Å². The van der Waals surface area contributed by atoms with Crippen molar-refractivity contribution in [2.24, 2.45) is 5.73 Å². The fourth-order valence-corrected chi connectivity index (χ4v) is 3.76. The van der Waals surface area contributed by atoms with E-state index in [0.717, 1.165) is 24.3 Å². The van der Waals surface area contributed by atoms with Gasteiger partial charge in [0.25, 0.3) is 0 Å². The van der Waals surface area contributed by atoms with Crippen LogP contribution in [0.1, 0.15) is 21.5 Å². The van der Waals surface area contributed by atoms with Crippen LogP contribution in [0.3, 0.4) is 0 Å². The van der Waals surface area contributed by atoms with Gasteiger partial charge in [0.1, 0.15) is 13.7 Å². The van der Waals surface area contributed by atoms with E-state index in [1.165, 1.54) is 31.4 Å². The zero-order chi connectivity index (χ0) is 23.9. The Labute approximate surface area is 187 Å². The smallest absolute Gasteiger partial charge is 0.337 e. The molecular formula is C19H13B3FNO7S. The van der Waals surface area contributed by atoms with E-state index in [1.807, 2.05) is 0 Å². The number of carbonyl (C=O) groups is 2. The van der Waals surface area contributed by atoms with Crippen LogP contribution in [0.15, 0.2) is 60.2 Å². The molecule has 32 heavy (non-hydrogen) atoms. The summed E-state index contributed by atoms with van der Waals surface area (Å²) >= 11 is 0. The monoisotopic (exact) mass is 451 g/mol. The largest absolute Gasteiger partial charge is 0.467 e. The van der Waals surface area contributed by atoms with Gasteiger partial charge >= 0.3 is 16.1 Å². The maximum Gasteiger partial charge on any atom is 0.337 e. The molecule has 0 saturated heterocycles. The molecule has 0 unspecified atom stereocenters. The Morgan fingerprint density at radius 2 is 1.69 bits per heavy atom. The number of methoxy groups -OCH3 is 1. The summed E-state index contributed by atoms with van der Waals surface area (Å²) < 4.78 is 50.6. The summed E-state index contributed by atoms with van der Waals surface area (Å²) in [6.45, 7) is 0. The molecule has 158 valence electrons. The molecule has 2 aromatic carbocycles. The summed E-state index contributed by atoms with van der Waals surface area (Å²) in [6.07, 6.45) is 0. The van der Waals surface area contributed by atoms with E-state index < -0.39 is 49.4 Å². The SMILES string of the molecule is [B]C([B])(c1ccc(F)cc1)S(=O)(=O)OC1=C(N)O[C@@]([B])(c2ccc(C(=O)OC)cc2)C1=O. The molecule has 2 aromatic rings. The molecule has 0 spiro atoms. The van der Waals surface area contributed by atoms with Crippen molar-refractivity contribution < 1.29 is 36.1 Å². The topological polar surface area (TPSA) is 122 Å². The number of hydrogen-bond acceptors (Lipinski definition) is 8. The van der Waals surface area contributed by atoms with Gasteiger partial charge in [-0.05, 0) is 35.4 Å². The number of halogens is 1. The van der Waals surface area contributed by atoms with Crippen molar-refractivity contribution in [3.05, 3.63) is 82.7 Å². The zero-order valence-corrected chi connectivity index (χ0v) is 17.4. The number of rotatable bonds is 6. The molecule has 0 amide bonds. The Balaban J connectivity index is 1.89. The van der Waals surface area contributed by atoms with Crippen LogP contribution >= 0.6 is 0 Å². The molecule has 2 N–H and O–H groups in total. The number of Topliss-reactive ketones (excluding diaryl/α,β-unsaturated/α-hetero) is 1. The maximum absolute atomic E-state index is 13.2. The average Bonchev–Trinajstić information content (AvgIpc) is 2.97. The molecule has 1 aliphatic rings. The fraction of sp³-hybridized carbons (Fsp3) is 0.158. The van der Waals surface area contributed by atoms with Crippen LogP contribution in [0.2, 0.25) is 0 Å². The van der Waals surface area contributed by atoms with Crippen LogP contribution in [-0.2, 0) is 38.6 Å². The lowest BCUT2D eigenvalue weighted by atomic mass is 9.65. The minimum atomic E-state index is -4.95. The van der Waals surface area contributed by atoms with Crippen LogP contribution in [0.4, 0.5) is 4.39 Å². The van der Waals surface area contributed by atoms with Gasteiger partial charge in [-0.3, -0.25) is 4.79 Å². The minimum Gasteiger partial charge on any atom is -0.467 e. The van der Waals surface area contributed by atoms with Crippen molar-refractivity contribution in [3.8, 4) is 0 Å². The van der Waals surface area contributed by atoms with Gasteiger partial charge in [0.2, 0.25) is 17.4 Å². The normalized spacial score (nSPS) is 18.9. The molecule has 0 bridgehead atoms.